The third-order valence-electron chi connectivity index (χ3n) is 2.42. The number of guanidine groups is 1. The van der Waals surface area contributed by atoms with Gasteiger partial charge in [-0.3, -0.25) is 4.99 Å². The first-order chi connectivity index (χ1) is 8.29. The summed E-state index contributed by atoms with van der Waals surface area (Å²) in [5, 5.41) is 7.17. The lowest BCUT2D eigenvalue weighted by atomic mass is 10.2. The van der Waals surface area contributed by atoms with E-state index in [0.717, 1.165) is 11.3 Å². The van der Waals surface area contributed by atoms with Crippen LogP contribution in [0.3, 0.4) is 0 Å². The van der Waals surface area contributed by atoms with E-state index in [2.05, 4.69) is 15.4 Å². The van der Waals surface area contributed by atoms with E-state index in [9.17, 15) is 0 Å². The third kappa shape index (κ3) is 3.73. The summed E-state index contributed by atoms with van der Waals surface area (Å²) in [6.45, 7) is 0.669. The zero-order valence-electron chi connectivity index (χ0n) is 10.1. The maximum Gasteiger partial charge on any atom is 0.188 e. The van der Waals surface area contributed by atoms with Crippen LogP contribution in [0.2, 0.25) is 0 Å². The van der Waals surface area contributed by atoms with E-state index in [4.69, 9.17) is 5.73 Å². The molecule has 0 fully saturated rings. The summed E-state index contributed by atoms with van der Waals surface area (Å²) >= 11 is 0. The number of halogens is 1. The molecular weight excluding hydrogens is 341 g/mol. The summed E-state index contributed by atoms with van der Waals surface area (Å²) < 4.78 is 1.82. The molecule has 0 atom stereocenters. The number of nitrogens with one attached hydrogen (secondary N) is 1. The number of nitrogens with two attached hydrogens (primary N) is 1. The molecule has 5 nitrogen and oxygen atoms in total. The molecule has 96 valence electrons. The van der Waals surface area contributed by atoms with E-state index in [1.165, 1.54) is 0 Å². The molecule has 3 N–H and O–H groups in total. The van der Waals surface area contributed by atoms with E-state index in [1.807, 2.05) is 41.2 Å². The average molecular weight is 357 g/mol. The van der Waals surface area contributed by atoms with Gasteiger partial charge in [0, 0.05) is 26.0 Å². The number of hydrogen-bond acceptors (Lipinski definition) is 2. The van der Waals surface area contributed by atoms with Crippen LogP contribution >= 0.6 is 24.0 Å². The predicted molar refractivity (Wildman–Crippen MR) is 83.4 cm³/mol. The van der Waals surface area contributed by atoms with Gasteiger partial charge in [0.1, 0.15) is 0 Å². The molecule has 0 saturated carbocycles. The smallest absolute Gasteiger partial charge is 0.188 e. The first-order valence-corrected chi connectivity index (χ1v) is 5.34. The fourth-order valence-corrected chi connectivity index (χ4v) is 1.46. The molecule has 18 heavy (non-hydrogen) atoms. The first kappa shape index (κ1) is 14.5. The minimum absolute atomic E-state index is 0. The van der Waals surface area contributed by atoms with Gasteiger partial charge in [0.15, 0.2) is 5.96 Å². The molecule has 0 spiro atoms. The zero-order valence-corrected chi connectivity index (χ0v) is 12.4. The molecule has 1 aromatic heterocycles. The Kier molecular flexibility index (Phi) is 5.63. The second-order valence-corrected chi connectivity index (χ2v) is 3.58. The summed E-state index contributed by atoms with van der Waals surface area (Å²) in [5.41, 5.74) is 7.74. The van der Waals surface area contributed by atoms with Gasteiger partial charge in [-0.05, 0) is 23.8 Å². The van der Waals surface area contributed by atoms with E-state index < -0.39 is 0 Å². The highest BCUT2D eigenvalue weighted by molar-refractivity contribution is 14.0. The van der Waals surface area contributed by atoms with Crippen molar-refractivity contribution in [3.63, 3.8) is 0 Å². The van der Waals surface area contributed by atoms with Gasteiger partial charge < -0.3 is 11.1 Å². The van der Waals surface area contributed by atoms with Crippen LogP contribution in [0.5, 0.6) is 0 Å². The second kappa shape index (κ2) is 7.00. The topological polar surface area (TPSA) is 68.2 Å². The van der Waals surface area contributed by atoms with Gasteiger partial charge in [-0.1, -0.05) is 12.1 Å². The third-order valence-corrected chi connectivity index (χ3v) is 2.42. The standard InChI is InChI=1S/C12H15N5.HI/c1-14-12(13)15-9-10-3-5-11(6-4-10)17-8-2-7-16-17;/h2-8H,9H2,1H3,(H3,13,14,15);1H. The number of benzene rings is 1. The van der Waals surface area contributed by atoms with Crippen molar-refractivity contribution in [3.8, 4) is 5.69 Å². The SMILES string of the molecule is CN=C(N)NCc1ccc(-n2cccn2)cc1.I. The Balaban J connectivity index is 0.00000162. The molecule has 6 heteroatoms. The van der Waals surface area contributed by atoms with Gasteiger partial charge in [-0.2, -0.15) is 5.10 Å². The molecular formula is C12H16IN5. The fourth-order valence-electron chi connectivity index (χ4n) is 1.46. The Morgan fingerprint density at radius 1 is 1.39 bits per heavy atom. The summed E-state index contributed by atoms with van der Waals surface area (Å²) in [5.74, 6) is 0.446. The summed E-state index contributed by atoms with van der Waals surface area (Å²) in [6.07, 6.45) is 3.67. The normalized spacial score (nSPS) is 10.8. The van der Waals surface area contributed by atoms with Gasteiger partial charge in [-0.25, -0.2) is 4.68 Å². The van der Waals surface area contributed by atoms with Crippen molar-refractivity contribution in [1.82, 2.24) is 15.1 Å². The van der Waals surface area contributed by atoms with E-state index in [0.29, 0.717) is 12.5 Å². The molecule has 0 aliphatic rings. The van der Waals surface area contributed by atoms with Crippen LogP contribution in [0.25, 0.3) is 5.69 Å². The predicted octanol–water partition coefficient (Wildman–Crippen LogP) is 1.52. The highest BCUT2D eigenvalue weighted by Gasteiger charge is 1.97. The molecule has 0 amide bonds. The molecule has 0 aliphatic carbocycles. The van der Waals surface area contributed by atoms with E-state index >= 15 is 0 Å². The van der Waals surface area contributed by atoms with Gasteiger partial charge in [0.25, 0.3) is 0 Å². The fraction of sp³-hybridized carbons (Fsp3) is 0.167. The second-order valence-electron chi connectivity index (χ2n) is 3.58. The van der Waals surface area contributed by atoms with Gasteiger partial charge in [0.05, 0.1) is 5.69 Å². The number of aliphatic imine (C=N–C) groups is 1. The summed E-state index contributed by atoms with van der Waals surface area (Å²) in [6, 6.07) is 10.0. The lowest BCUT2D eigenvalue weighted by Gasteiger charge is -2.06. The summed E-state index contributed by atoms with van der Waals surface area (Å²) in [4.78, 5) is 3.83. The molecule has 2 aromatic rings. The highest BCUT2D eigenvalue weighted by Crippen LogP contribution is 2.08. The van der Waals surface area contributed by atoms with Crippen LogP contribution in [0.1, 0.15) is 5.56 Å². The molecule has 2 rings (SSSR count). The lowest BCUT2D eigenvalue weighted by molar-refractivity contribution is 0.871. The maximum absolute atomic E-state index is 5.55. The first-order valence-electron chi connectivity index (χ1n) is 5.34. The number of nitrogens with zero attached hydrogens (tertiary/aromatic N) is 3. The molecule has 0 aliphatic heterocycles. The maximum atomic E-state index is 5.55. The van der Waals surface area contributed by atoms with Crippen molar-refractivity contribution in [3.05, 3.63) is 48.3 Å². The van der Waals surface area contributed by atoms with Crippen molar-refractivity contribution in [2.75, 3.05) is 7.05 Å². The number of aromatic nitrogens is 2. The van der Waals surface area contributed by atoms with Crippen LogP contribution < -0.4 is 11.1 Å². The monoisotopic (exact) mass is 357 g/mol. The van der Waals surface area contributed by atoms with E-state index in [1.54, 1.807) is 13.2 Å². The van der Waals surface area contributed by atoms with Crippen molar-refractivity contribution < 1.29 is 0 Å². The van der Waals surface area contributed by atoms with Crippen LogP contribution in [0, 0.1) is 0 Å². The lowest BCUT2D eigenvalue weighted by Crippen LogP contribution is -2.30. The van der Waals surface area contributed by atoms with Gasteiger partial charge in [0.2, 0.25) is 0 Å². The Hall–Kier alpha value is -1.57. The van der Waals surface area contributed by atoms with Crippen LogP contribution in [-0.2, 0) is 6.54 Å². The number of hydrogen-bond donors (Lipinski definition) is 2. The molecule has 0 bridgehead atoms. The van der Waals surface area contributed by atoms with Gasteiger partial charge >= 0.3 is 0 Å². The minimum Gasteiger partial charge on any atom is -0.370 e. The van der Waals surface area contributed by atoms with Crippen molar-refractivity contribution in [1.29, 1.82) is 0 Å². The largest absolute Gasteiger partial charge is 0.370 e. The molecule has 1 aromatic carbocycles. The molecule has 1 heterocycles. The van der Waals surface area contributed by atoms with Crippen molar-refractivity contribution in [2.45, 2.75) is 6.54 Å². The van der Waals surface area contributed by atoms with Crippen LogP contribution in [0.15, 0.2) is 47.7 Å². The quantitative estimate of drug-likeness (QED) is 0.497. The Morgan fingerprint density at radius 2 is 2.11 bits per heavy atom. The zero-order chi connectivity index (χ0) is 12.1. The van der Waals surface area contributed by atoms with Gasteiger partial charge in [-0.15, -0.1) is 24.0 Å². The van der Waals surface area contributed by atoms with Crippen molar-refractivity contribution >= 4 is 29.9 Å². The van der Waals surface area contributed by atoms with Crippen LogP contribution in [0.4, 0.5) is 0 Å². The molecule has 0 radical (unpaired) electrons. The summed E-state index contributed by atoms with van der Waals surface area (Å²) in [7, 11) is 1.66. The number of rotatable bonds is 3. The average Bonchev–Trinajstić information content (AvgIpc) is 2.90. The Labute approximate surface area is 123 Å². The van der Waals surface area contributed by atoms with E-state index in [-0.39, 0.29) is 24.0 Å². The van der Waals surface area contributed by atoms with Crippen LogP contribution in [-0.4, -0.2) is 22.8 Å². The minimum atomic E-state index is 0. The Bertz CT molecular complexity index is 490. The highest BCUT2D eigenvalue weighted by atomic mass is 127. The van der Waals surface area contributed by atoms with Crippen molar-refractivity contribution in [2.24, 2.45) is 10.7 Å². The Morgan fingerprint density at radius 3 is 2.67 bits per heavy atom. The molecule has 0 unspecified atom stereocenters. The molecule has 0 saturated heterocycles.